The summed E-state index contributed by atoms with van der Waals surface area (Å²) >= 11 is 7.71. The minimum atomic E-state index is -0.689. The number of carbonyl (C=O) groups is 2. The number of carbonyl (C=O) groups excluding carboxylic acids is 2. The number of anilines is 1. The van der Waals surface area contributed by atoms with Gasteiger partial charge in [-0.3, -0.25) is 9.59 Å². The van der Waals surface area contributed by atoms with Gasteiger partial charge in [-0.1, -0.05) is 30.7 Å². The highest BCUT2D eigenvalue weighted by Gasteiger charge is 2.22. The second-order valence-corrected chi connectivity index (χ2v) is 7.81. The van der Waals surface area contributed by atoms with E-state index in [1.54, 1.807) is 54.2 Å². The highest BCUT2D eigenvalue weighted by molar-refractivity contribution is 7.98. The number of hydrogen-bond acceptors (Lipinski definition) is 5. The molecule has 6 nitrogen and oxygen atoms in total. The van der Waals surface area contributed by atoms with Gasteiger partial charge in [0.25, 0.3) is 5.91 Å². The maximum Gasteiger partial charge on any atom is 0.253 e. The van der Waals surface area contributed by atoms with Crippen molar-refractivity contribution < 1.29 is 14.0 Å². The SMILES string of the molecule is CCc1nc2cc(NC(=O)C(CCSC)NC(=O)c3ccccc3Cl)ccc2o1. The molecule has 2 amide bonds. The van der Waals surface area contributed by atoms with E-state index >= 15 is 0 Å². The molecule has 0 aliphatic rings. The Morgan fingerprint density at radius 2 is 2.03 bits per heavy atom. The van der Waals surface area contributed by atoms with E-state index in [4.69, 9.17) is 16.0 Å². The van der Waals surface area contributed by atoms with Gasteiger partial charge in [0.05, 0.1) is 10.6 Å². The Hall–Kier alpha value is -2.51. The second-order valence-electron chi connectivity index (χ2n) is 6.42. The van der Waals surface area contributed by atoms with Crippen molar-refractivity contribution in [3.63, 3.8) is 0 Å². The molecule has 0 aliphatic carbocycles. The third-order valence-electron chi connectivity index (χ3n) is 4.35. The summed E-state index contributed by atoms with van der Waals surface area (Å²) in [5.74, 6) is 0.700. The predicted octanol–water partition coefficient (Wildman–Crippen LogP) is 4.53. The number of oxazole rings is 1. The molecule has 1 unspecified atom stereocenters. The average Bonchev–Trinajstić information content (AvgIpc) is 3.13. The van der Waals surface area contributed by atoms with Gasteiger partial charge in [0.1, 0.15) is 11.6 Å². The van der Waals surface area contributed by atoms with Crippen LogP contribution in [0.25, 0.3) is 11.1 Å². The Bertz CT molecular complexity index is 1020. The van der Waals surface area contributed by atoms with E-state index in [0.717, 1.165) is 5.75 Å². The van der Waals surface area contributed by atoms with Crippen LogP contribution in [0.1, 0.15) is 29.6 Å². The zero-order valence-corrected chi connectivity index (χ0v) is 17.8. The molecule has 1 aromatic heterocycles. The first kappa shape index (κ1) is 21.2. The number of aromatic nitrogens is 1. The van der Waals surface area contributed by atoms with Gasteiger partial charge in [-0.15, -0.1) is 0 Å². The van der Waals surface area contributed by atoms with Gasteiger partial charge >= 0.3 is 0 Å². The van der Waals surface area contributed by atoms with E-state index in [1.165, 1.54) is 0 Å². The fraction of sp³-hybridized carbons (Fsp3) is 0.286. The van der Waals surface area contributed by atoms with E-state index in [-0.39, 0.29) is 11.8 Å². The minimum Gasteiger partial charge on any atom is -0.441 e. The number of benzene rings is 2. The van der Waals surface area contributed by atoms with Crippen molar-refractivity contribution in [3.8, 4) is 0 Å². The lowest BCUT2D eigenvalue weighted by Gasteiger charge is -2.18. The van der Waals surface area contributed by atoms with Crippen LogP contribution in [0, 0.1) is 0 Å². The normalized spacial score (nSPS) is 12.0. The van der Waals surface area contributed by atoms with Crippen LogP contribution in [-0.2, 0) is 11.2 Å². The van der Waals surface area contributed by atoms with Gasteiger partial charge in [0.2, 0.25) is 5.91 Å². The van der Waals surface area contributed by atoms with Crippen LogP contribution < -0.4 is 10.6 Å². The maximum absolute atomic E-state index is 12.9. The van der Waals surface area contributed by atoms with E-state index < -0.39 is 6.04 Å². The number of halogens is 1. The molecule has 3 rings (SSSR count). The van der Waals surface area contributed by atoms with Gasteiger partial charge in [0, 0.05) is 12.1 Å². The summed E-state index contributed by atoms with van der Waals surface area (Å²) in [4.78, 5) is 29.8. The second kappa shape index (κ2) is 9.80. The smallest absolute Gasteiger partial charge is 0.253 e. The first-order valence-electron chi connectivity index (χ1n) is 9.26. The molecule has 152 valence electrons. The highest BCUT2D eigenvalue weighted by atomic mass is 35.5. The first-order chi connectivity index (χ1) is 14.0. The van der Waals surface area contributed by atoms with Crippen LogP contribution in [0.4, 0.5) is 5.69 Å². The summed E-state index contributed by atoms with van der Waals surface area (Å²) in [5, 5.41) is 6.01. The van der Waals surface area contributed by atoms with Crippen molar-refractivity contribution in [1.82, 2.24) is 10.3 Å². The van der Waals surface area contributed by atoms with E-state index in [1.807, 2.05) is 13.2 Å². The van der Waals surface area contributed by atoms with E-state index in [2.05, 4.69) is 15.6 Å². The standard InChI is InChI=1S/C21H22ClN3O3S/c1-3-19-24-17-12-13(8-9-18(17)28-19)23-21(27)16(10-11-29-2)25-20(26)14-6-4-5-7-15(14)22/h4-9,12,16H,3,10-11H2,1-2H3,(H,23,27)(H,25,26). The zero-order chi connectivity index (χ0) is 20.8. The number of hydrogen-bond donors (Lipinski definition) is 2. The highest BCUT2D eigenvalue weighted by Crippen LogP contribution is 2.21. The third kappa shape index (κ3) is 5.31. The van der Waals surface area contributed by atoms with Crippen molar-refractivity contribution in [2.75, 3.05) is 17.3 Å². The molecule has 2 N–H and O–H groups in total. The van der Waals surface area contributed by atoms with Gasteiger partial charge < -0.3 is 15.1 Å². The molecule has 1 heterocycles. The van der Waals surface area contributed by atoms with Gasteiger partial charge in [-0.2, -0.15) is 11.8 Å². The Labute approximate surface area is 178 Å². The van der Waals surface area contributed by atoms with Crippen molar-refractivity contribution in [3.05, 3.63) is 58.9 Å². The van der Waals surface area contributed by atoms with Crippen LogP contribution >= 0.6 is 23.4 Å². The molecule has 0 saturated heterocycles. The molecule has 0 spiro atoms. The Balaban J connectivity index is 1.74. The number of nitrogens with one attached hydrogen (secondary N) is 2. The van der Waals surface area contributed by atoms with Crippen LogP contribution in [-0.4, -0.2) is 34.8 Å². The van der Waals surface area contributed by atoms with E-state index in [9.17, 15) is 9.59 Å². The van der Waals surface area contributed by atoms with Gasteiger partial charge in [0.15, 0.2) is 11.5 Å². The monoisotopic (exact) mass is 431 g/mol. The van der Waals surface area contributed by atoms with Crippen molar-refractivity contribution in [1.29, 1.82) is 0 Å². The number of aryl methyl sites for hydroxylation is 1. The molecular weight excluding hydrogens is 410 g/mol. The lowest BCUT2D eigenvalue weighted by atomic mass is 10.1. The summed E-state index contributed by atoms with van der Waals surface area (Å²) in [6.07, 6.45) is 3.14. The maximum atomic E-state index is 12.9. The first-order valence-corrected chi connectivity index (χ1v) is 11.0. The summed E-state index contributed by atoms with van der Waals surface area (Å²) in [6.45, 7) is 1.96. The summed E-state index contributed by atoms with van der Waals surface area (Å²) in [7, 11) is 0. The Morgan fingerprint density at radius 3 is 2.76 bits per heavy atom. The molecule has 0 aliphatic heterocycles. The molecule has 0 bridgehead atoms. The number of amides is 2. The molecule has 8 heteroatoms. The van der Waals surface area contributed by atoms with E-state index in [0.29, 0.717) is 46.1 Å². The van der Waals surface area contributed by atoms with Gasteiger partial charge in [-0.25, -0.2) is 4.98 Å². The number of fused-ring (bicyclic) bond motifs is 1. The molecule has 3 aromatic rings. The zero-order valence-electron chi connectivity index (χ0n) is 16.2. The van der Waals surface area contributed by atoms with Crippen molar-refractivity contribution >= 4 is 52.0 Å². The molecule has 1 atom stereocenters. The molecular formula is C21H22ClN3O3S. The minimum absolute atomic E-state index is 0.294. The Morgan fingerprint density at radius 1 is 1.24 bits per heavy atom. The molecule has 0 fully saturated rings. The van der Waals surface area contributed by atoms with Crippen molar-refractivity contribution in [2.24, 2.45) is 0 Å². The fourth-order valence-electron chi connectivity index (χ4n) is 2.82. The Kier molecular flexibility index (Phi) is 7.17. The predicted molar refractivity (Wildman–Crippen MR) is 118 cm³/mol. The van der Waals surface area contributed by atoms with Crippen LogP contribution in [0.15, 0.2) is 46.9 Å². The average molecular weight is 432 g/mol. The van der Waals surface area contributed by atoms with Crippen LogP contribution in [0.3, 0.4) is 0 Å². The summed E-state index contributed by atoms with van der Waals surface area (Å²) in [6, 6.07) is 11.4. The number of thioether (sulfide) groups is 1. The number of rotatable bonds is 8. The quantitative estimate of drug-likeness (QED) is 0.547. The summed E-state index contributed by atoms with van der Waals surface area (Å²) < 4.78 is 5.59. The topological polar surface area (TPSA) is 84.2 Å². The van der Waals surface area contributed by atoms with Crippen LogP contribution in [0.5, 0.6) is 0 Å². The lowest BCUT2D eigenvalue weighted by Crippen LogP contribution is -2.44. The lowest BCUT2D eigenvalue weighted by molar-refractivity contribution is -0.118. The molecule has 2 aromatic carbocycles. The summed E-state index contributed by atoms with van der Waals surface area (Å²) in [5.41, 5.74) is 2.29. The van der Waals surface area contributed by atoms with Crippen LogP contribution in [0.2, 0.25) is 5.02 Å². The number of nitrogens with zero attached hydrogens (tertiary/aromatic N) is 1. The molecule has 0 saturated carbocycles. The molecule has 29 heavy (non-hydrogen) atoms. The fourth-order valence-corrected chi connectivity index (χ4v) is 3.51. The third-order valence-corrected chi connectivity index (χ3v) is 5.33. The molecule has 0 radical (unpaired) electrons. The van der Waals surface area contributed by atoms with Crippen molar-refractivity contribution in [2.45, 2.75) is 25.8 Å². The largest absolute Gasteiger partial charge is 0.441 e. The van der Waals surface area contributed by atoms with Gasteiger partial charge in [-0.05, 0) is 48.8 Å².